The van der Waals surface area contributed by atoms with Crippen LogP contribution in [0.1, 0.15) is 20.7 Å². The Balaban J connectivity index is 1.41. The highest BCUT2D eigenvalue weighted by molar-refractivity contribution is 6.05. The molecular weight excluding hydrogens is 399 g/mol. The molecule has 0 saturated carbocycles. The largest absolute Gasteiger partial charge is 0.367 e. The van der Waals surface area contributed by atoms with Crippen molar-refractivity contribution >= 4 is 23.3 Å². The monoisotopic (exact) mass is 420 g/mol. The number of piperazine rings is 1. The number of carbonyl (C=O) groups excluding carboxylic acids is 2. The smallest absolute Gasteiger partial charge is 0.357 e. The van der Waals surface area contributed by atoms with E-state index in [2.05, 4.69) is 10.3 Å². The number of amides is 1. The Labute approximate surface area is 179 Å². The Morgan fingerprint density at radius 2 is 1.61 bits per heavy atom. The number of nitrogens with zero attached hydrogens (tertiary/aromatic N) is 3. The zero-order chi connectivity index (χ0) is 21.6. The van der Waals surface area contributed by atoms with Gasteiger partial charge in [-0.2, -0.15) is 0 Å². The van der Waals surface area contributed by atoms with Crippen molar-refractivity contribution in [3.63, 3.8) is 0 Å². The maximum absolute atomic E-state index is 13.9. The summed E-state index contributed by atoms with van der Waals surface area (Å²) in [6.07, 6.45) is 3.05. The van der Waals surface area contributed by atoms with Crippen LogP contribution in [-0.4, -0.2) is 48.1 Å². The minimum Gasteiger partial charge on any atom is -0.367 e. The minimum atomic E-state index is -0.441. The van der Waals surface area contributed by atoms with Gasteiger partial charge in [0, 0.05) is 31.0 Å². The molecule has 0 bridgehead atoms. The highest BCUT2D eigenvalue weighted by Crippen LogP contribution is 2.28. The molecule has 158 valence electrons. The van der Waals surface area contributed by atoms with Crippen LogP contribution in [0, 0.1) is 5.82 Å². The molecule has 0 aliphatic carbocycles. The fourth-order valence-corrected chi connectivity index (χ4v) is 3.35. The summed E-state index contributed by atoms with van der Waals surface area (Å²) < 4.78 is 13.9. The van der Waals surface area contributed by atoms with E-state index in [0.29, 0.717) is 48.7 Å². The molecule has 0 spiro atoms. The normalized spacial score (nSPS) is 14.2. The first-order valence-electron chi connectivity index (χ1n) is 9.88. The van der Waals surface area contributed by atoms with Crippen molar-refractivity contribution in [1.29, 1.82) is 0 Å². The predicted molar refractivity (Wildman–Crippen MR) is 114 cm³/mol. The van der Waals surface area contributed by atoms with Crippen molar-refractivity contribution in [2.45, 2.75) is 0 Å². The number of nitrogens with one attached hydrogen (secondary N) is 1. The standard InChI is InChI=1S/C23H21FN4O3/c24-19-6-7-21(20(16-19)26-22(29)17-8-10-25-11-9-17)27-12-14-28(15-13-27)31-23(30)18-4-2-1-3-5-18/h1-11,16H,12-15H2,(H,26,29). The van der Waals surface area contributed by atoms with E-state index in [0.717, 1.165) is 0 Å². The topological polar surface area (TPSA) is 74.8 Å². The molecule has 2 heterocycles. The molecule has 1 aliphatic rings. The molecule has 1 N–H and O–H groups in total. The fraction of sp³-hybridized carbons (Fsp3) is 0.174. The second-order valence-corrected chi connectivity index (χ2v) is 7.01. The van der Waals surface area contributed by atoms with Gasteiger partial charge in [0.2, 0.25) is 0 Å². The van der Waals surface area contributed by atoms with Crippen LogP contribution in [-0.2, 0) is 4.84 Å². The van der Waals surface area contributed by atoms with E-state index >= 15 is 0 Å². The number of hydroxylamine groups is 2. The van der Waals surface area contributed by atoms with E-state index in [9.17, 15) is 14.0 Å². The average Bonchev–Trinajstić information content (AvgIpc) is 2.81. The van der Waals surface area contributed by atoms with Crippen LogP contribution >= 0.6 is 0 Å². The summed E-state index contributed by atoms with van der Waals surface area (Å²) in [4.78, 5) is 36.1. The van der Waals surface area contributed by atoms with Crippen molar-refractivity contribution in [1.82, 2.24) is 10.0 Å². The molecule has 0 atom stereocenters. The second kappa shape index (κ2) is 9.36. The molecule has 2 aromatic carbocycles. The molecule has 0 unspecified atom stereocenters. The van der Waals surface area contributed by atoms with Crippen LogP contribution in [0.3, 0.4) is 0 Å². The van der Waals surface area contributed by atoms with Crippen LogP contribution in [0.25, 0.3) is 0 Å². The number of anilines is 2. The molecule has 31 heavy (non-hydrogen) atoms. The number of hydrogen-bond acceptors (Lipinski definition) is 6. The number of carbonyl (C=O) groups is 2. The van der Waals surface area contributed by atoms with Gasteiger partial charge in [-0.15, -0.1) is 5.06 Å². The van der Waals surface area contributed by atoms with Crippen LogP contribution in [0.4, 0.5) is 15.8 Å². The lowest BCUT2D eigenvalue weighted by Gasteiger charge is -2.35. The number of rotatable bonds is 5. The molecule has 1 saturated heterocycles. The van der Waals surface area contributed by atoms with Crippen LogP contribution in [0.5, 0.6) is 0 Å². The third-order valence-corrected chi connectivity index (χ3v) is 4.95. The van der Waals surface area contributed by atoms with E-state index in [1.165, 1.54) is 24.5 Å². The van der Waals surface area contributed by atoms with Crippen molar-refractivity contribution in [3.05, 3.63) is 90.0 Å². The van der Waals surface area contributed by atoms with Crippen molar-refractivity contribution < 1.29 is 18.8 Å². The third kappa shape index (κ3) is 5.04. The van der Waals surface area contributed by atoms with E-state index in [-0.39, 0.29) is 5.91 Å². The molecular formula is C23H21FN4O3. The molecule has 4 rings (SSSR count). The predicted octanol–water partition coefficient (Wildman–Crippen LogP) is 3.37. The Bertz CT molecular complexity index is 1050. The van der Waals surface area contributed by atoms with Crippen molar-refractivity contribution in [2.24, 2.45) is 0 Å². The van der Waals surface area contributed by atoms with Gasteiger partial charge in [0.1, 0.15) is 5.82 Å². The average molecular weight is 420 g/mol. The van der Waals surface area contributed by atoms with Gasteiger partial charge in [-0.1, -0.05) is 18.2 Å². The van der Waals surface area contributed by atoms with Gasteiger partial charge in [0.25, 0.3) is 5.91 Å². The molecule has 0 radical (unpaired) electrons. The Kier molecular flexibility index (Phi) is 6.18. The number of pyridine rings is 1. The Hall–Kier alpha value is -3.78. The first-order chi connectivity index (χ1) is 15.1. The maximum Gasteiger partial charge on any atom is 0.357 e. The number of hydrogen-bond donors (Lipinski definition) is 1. The quantitative estimate of drug-likeness (QED) is 0.682. The number of halogens is 1. The maximum atomic E-state index is 13.9. The molecule has 1 aromatic heterocycles. The molecule has 7 nitrogen and oxygen atoms in total. The van der Waals surface area contributed by atoms with Crippen molar-refractivity contribution in [2.75, 3.05) is 36.4 Å². The molecule has 8 heteroatoms. The second-order valence-electron chi connectivity index (χ2n) is 7.01. The van der Waals surface area contributed by atoms with Crippen LogP contribution < -0.4 is 10.2 Å². The van der Waals surface area contributed by atoms with Gasteiger partial charge in [-0.05, 0) is 42.5 Å². The van der Waals surface area contributed by atoms with Gasteiger partial charge >= 0.3 is 5.97 Å². The Morgan fingerprint density at radius 3 is 2.32 bits per heavy atom. The lowest BCUT2D eigenvalue weighted by atomic mass is 10.2. The molecule has 1 fully saturated rings. The van der Waals surface area contributed by atoms with Crippen molar-refractivity contribution in [3.8, 4) is 0 Å². The SMILES string of the molecule is O=C(Nc1cc(F)ccc1N1CCN(OC(=O)c2ccccc2)CC1)c1ccncc1. The van der Waals surface area contributed by atoms with E-state index < -0.39 is 11.8 Å². The highest BCUT2D eigenvalue weighted by Gasteiger charge is 2.23. The summed E-state index contributed by atoms with van der Waals surface area (Å²) in [5.41, 5.74) is 2.02. The van der Waals surface area contributed by atoms with Gasteiger partial charge < -0.3 is 15.1 Å². The summed E-state index contributed by atoms with van der Waals surface area (Å²) >= 11 is 0. The minimum absolute atomic E-state index is 0.343. The highest BCUT2D eigenvalue weighted by atomic mass is 19.1. The van der Waals surface area contributed by atoms with Gasteiger partial charge in [-0.3, -0.25) is 9.78 Å². The summed E-state index contributed by atoms with van der Waals surface area (Å²) in [5.74, 6) is -1.19. The Morgan fingerprint density at radius 1 is 0.903 bits per heavy atom. The molecule has 3 aromatic rings. The lowest BCUT2D eigenvalue weighted by Crippen LogP contribution is -2.47. The summed E-state index contributed by atoms with van der Waals surface area (Å²) in [5, 5.41) is 4.40. The summed E-state index contributed by atoms with van der Waals surface area (Å²) in [6.45, 7) is 2.05. The third-order valence-electron chi connectivity index (χ3n) is 4.95. The molecule has 1 amide bonds. The van der Waals surface area contributed by atoms with E-state index in [4.69, 9.17) is 4.84 Å². The zero-order valence-corrected chi connectivity index (χ0v) is 16.7. The fourth-order valence-electron chi connectivity index (χ4n) is 3.35. The van der Waals surface area contributed by atoms with E-state index in [1.807, 2.05) is 11.0 Å². The number of aromatic nitrogens is 1. The van der Waals surface area contributed by atoms with Gasteiger partial charge in [0.05, 0.1) is 30.0 Å². The zero-order valence-electron chi connectivity index (χ0n) is 16.7. The van der Waals surface area contributed by atoms with E-state index in [1.54, 1.807) is 47.5 Å². The lowest BCUT2D eigenvalue weighted by molar-refractivity contribution is -0.112. The van der Waals surface area contributed by atoms with Gasteiger partial charge in [0.15, 0.2) is 0 Å². The van der Waals surface area contributed by atoms with Crippen LogP contribution in [0.2, 0.25) is 0 Å². The first kappa shape index (κ1) is 20.5. The summed E-state index contributed by atoms with van der Waals surface area (Å²) in [6, 6.07) is 16.3. The van der Waals surface area contributed by atoms with Gasteiger partial charge in [-0.25, -0.2) is 9.18 Å². The molecule has 1 aliphatic heterocycles. The first-order valence-corrected chi connectivity index (χ1v) is 9.88. The number of benzene rings is 2. The summed E-state index contributed by atoms with van der Waals surface area (Å²) in [7, 11) is 0. The van der Waals surface area contributed by atoms with Crippen LogP contribution in [0.15, 0.2) is 73.1 Å².